The van der Waals surface area contributed by atoms with E-state index >= 15 is 0 Å². The number of aliphatic hydroxyl groups excluding tert-OH is 1. The van der Waals surface area contributed by atoms with Crippen molar-refractivity contribution >= 4 is 26.5 Å². The number of rotatable bonds is 6. The summed E-state index contributed by atoms with van der Waals surface area (Å²) in [6, 6.07) is 6.82. The minimum Gasteiger partial charge on any atom is -0.392 e. The van der Waals surface area contributed by atoms with Crippen molar-refractivity contribution in [3.8, 4) is 0 Å². The number of hydrogen-bond donors (Lipinski definition) is 2. The normalized spacial score (nSPS) is 11.5. The van der Waals surface area contributed by atoms with Gasteiger partial charge in [-0.05, 0) is 17.5 Å². The molecule has 20 heavy (non-hydrogen) atoms. The molecule has 2 rings (SSSR count). The Morgan fingerprint density at radius 2 is 2.05 bits per heavy atom. The van der Waals surface area contributed by atoms with Gasteiger partial charge in [-0.1, -0.05) is 42.5 Å². The van der Waals surface area contributed by atoms with Crippen molar-refractivity contribution in [2.24, 2.45) is 0 Å². The maximum Gasteiger partial charge on any atom is 0.238 e. The largest absolute Gasteiger partial charge is 0.392 e. The highest BCUT2D eigenvalue weighted by Gasteiger charge is 2.14. The molecule has 1 aromatic carbocycles. The number of aliphatic hydroxyl groups is 1. The van der Waals surface area contributed by atoms with Crippen molar-refractivity contribution in [1.82, 2.24) is 10.2 Å². The molecule has 0 bridgehead atoms. The van der Waals surface area contributed by atoms with Gasteiger partial charge >= 0.3 is 0 Å². The number of nitrogens with zero attached hydrogens (tertiary/aromatic N) is 2. The van der Waals surface area contributed by atoms with E-state index in [9.17, 15) is 8.42 Å². The maximum absolute atomic E-state index is 12.0. The van der Waals surface area contributed by atoms with Gasteiger partial charge in [0.25, 0.3) is 0 Å². The van der Waals surface area contributed by atoms with Crippen LogP contribution in [0.1, 0.15) is 23.1 Å². The summed E-state index contributed by atoms with van der Waals surface area (Å²) < 4.78 is 26.5. The van der Waals surface area contributed by atoms with Crippen LogP contribution in [0.3, 0.4) is 0 Å². The molecular weight excluding hydrogens is 298 g/mol. The fourth-order valence-electron chi connectivity index (χ4n) is 1.64. The van der Waals surface area contributed by atoms with Crippen LogP contribution < -0.4 is 4.72 Å². The van der Waals surface area contributed by atoms with Crippen molar-refractivity contribution in [3.05, 3.63) is 40.4 Å². The average Bonchev–Trinajstić information content (AvgIpc) is 2.85. The summed E-state index contributed by atoms with van der Waals surface area (Å²) in [5, 5.41) is 17.8. The highest BCUT2D eigenvalue weighted by molar-refractivity contribution is 7.92. The van der Waals surface area contributed by atoms with Gasteiger partial charge < -0.3 is 5.11 Å². The first-order valence-electron chi connectivity index (χ1n) is 6.04. The van der Waals surface area contributed by atoms with Gasteiger partial charge in [0.05, 0.1) is 12.4 Å². The van der Waals surface area contributed by atoms with E-state index in [-0.39, 0.29) is 17.5 Å². The zero-order valence-corrected chi connectivity index (χ0v) is 12.5. The van der Waals surface area contributed by atoms with Crippen LogP contribution in [-0.4, -0.2) is 23.7 Å². The van der Waals surface area contributed by atoms with Crippen molar-refractivity contribution in [1.29, 1.82) is 0 Å². The quantitative estimate of drug-likeness (QED) is 0.844. The molecule has 0 amide bonds. The first kappa shape index (κ1) is 14.9. The van der Waals surface area contributed by atoms with Crippen molar-refractivity contribution in [2.75, 3.05) is 4.72 Å². The minimum absolute atomic E-state index is 0.114. The van der Waals surface area contributed by atoms with Crippen LogP contribution in [-0.2, 0) is 28.8 Å². The lowest BCUT2D eigenvalue weighted by atomic mass is 10.1. The van der Waals surface area contributed by atoms with Gasteiger partial charge in [0.15, 0.2) is 0 Å². The van der Waals surface area contributed by atoms with E-state index in [1.165, 1.54) is 11.3 Å². The van der Waals surface area contributed by atoms with E-state index in [0.717, 1.165) is 11.4 Å². The molecule has 0 spiro atoms. The van der Waals surface area contributed by atoms with Gasteiger partial charge in [-0.15, -0.1) is 10.2 Å². The van der Waals surface area contributed by atoms with Crippen LogP contribution in [0.25, 0.3) is 0 Å². The molecule has 1 heterocycles. The van der Waals surface area contributed by atoms with Crippen LogP contribution in [0.2, 0.25) is 0 Å². The predicted molar refractivity (Wildman–Crippen MR) is 77.9 cm³/mol. The summed E-state index contributed by atoms with van der Waals surface area (Å²) in [6.45, 7) is 1.82. The molecule has 0 saturated carbocycles. The second-order valence-corrected chi connectivity index (χ2v) is 6.98. The molecule has 108 valence electrons. The molecule has 8 heteroatoms. The molecule has 0 saturated heterocycles. The van der Waals surface area contributed by atoms with Gasteiger partial charge in [0.1, 0.15) is 5.01 Å². The van der Waals surface area contributed by atoms with Crippen LogP contribution >= 0.6 is 11.3 Å². The summed E-state index contributed by atoms with van der Waals surface area (Å²) in [6.07, 6.45) is 0.720. The Balaban J connectivity index is 2.10. The zero-order chi connectivity index (χ0) is 14.6. The molecule has 0 aliphatic carbocycles. The second-order valence-electron chi connectivity index (χ2n) is 4.19. The van der Waals surface area contributed by atoms with E-state index < -0.39 is 10.0 Å². The smallest absolute Gasteiger partial charge is 0.238 e. The van der Waals surface area contributed by atoms with Gasteiger partial charge in [-0.2, -0.15) is 0 Å². The Morgan fingerprint density at radius 1 is 1.30 bits per heavy atom. The molecule has 0 atom stereocenters. The number of hydrogen-bond acceptors (Lipinski definition) is 6. The van der Waals surface area contributed by atoms with Crippen LogP contribution in [0, 0.1) is 0 Å². The standard InChI is InChI=1S/C12H15N3O3S2/c1-2-11-13-14-12(19-11)15-20(17,18)8-10-5-3-4-9(6-10)7-16/h3-6,16H,2,7-8H2,1H3,(H,14,15). The molecular formula is C12H15N3O3S2. The molecule has 0 aliphatic heterocycles. The third-order valence-corrected chi connectivity index (χ3v) is 4.87. The molecule has 0 fully saturated rings. The van der Waals surface area contributed by atoms with E-state index in [1.807, 2.05) is 6.92 Å². The average molecular weight is 313 g/mol. The lowest BCUT2D eigenvalue weighted by Gasteiger charge is -2.06. The van der Waals surface area contributed by atoms with Gasteiger partial charge in [0.2, 0.25) is 15.2 Å². The van der Waals surface area contributed by atoms with E-state index in [2.05, 4.69) is 14.9 Å². The topological polar surface area (TPSA) is 92.2 Å². The molecule has 0 radical (unpaired) electrons. The molecule has 2 N–H and O–H groups in total. The predicted octanol–water partition coefficient (Wildman–Crippen LogP) is 1.53. The fraction of sp³-hybridized carbons (Fsp3) is 0.333. The third kappa shape index (κ3) is 3.99. The van der Waals surface area contributed by atoms with Gasteiger partial charge in [-0.25, -0.2) is 8.42 Å². The lowest BCUT2D eigenvalue weighted by Crippen LogP contribution is -2.15. The summed E-state index contributed by atoms with van der Waals surface area (Å²) in [4.78, 5) is 0. The highest BCUT2D eigenvalue weighted by atomic mass is 32.2. The maximum atomic E-state index is 12.0. The Morgan fingerprint density at radius 3 is 2.70 bits per heavy atom. The van der Waals surface area contributed by atoms with Crippen molar-refractivity contribution < 1.29 is 13.5 Å². The summed E-state index contributed by atoms with van der Waals surface area (Å²) >= 11 is 1.23. The Hall–Kier alpha value is -1.51. The molecule has 0 aliphatic rings. The lowest BCUT2D eigenvalue weighted by molar-refractivity contribution is 0.282. The Kier molecular flexibility index (Phi) is 4.69. The second kappa shape index (κ2) is 6.29. The van der Waals surface area contributed by atoms with Crippen LogP contribution in [0.5, 0.6) is 0 Å². The summed E-state index contributed by atoms with van der Waals surface area (Å²) in [5.74, 6) is -0.165. The number of sulfonamides is 1. The summed E-state index contributed by atoms with van der Waals surface area (Å²) in [5.41, 5.74) is 1.30. The monoisotopic (exact) mass is 313 g/mol. The van der Waals surface area contributed by atoms with E-state index in [1.54, 1.807) is 24.3 Å². The van der Waals surface area contributed by atoms with E-state index in [0.29, 0.717) is 11.1 Å². The molecule has 2 aromatic rings. The number of aryl methyl sites for hydroxylation is 1. The number of aromatic nitrogens is 2. The Labute approximate surface area is 121 Å². The van der Waals surface area contributed by atoms with Crippen molar-refractivity contribution in [2.45, 2.75) is 25.7 Å². The SMILES string of the molecule is CCc1nnc(NS(=O)(=O)Cc2cccc(CO)c2)s1. The summed E-state index contributed by atoms with van der Waals surface area (Å²) in [7, 11) is -3.53. The highest BCUT2D eigenvalue weighted by Crippen LogP contribution is 2.18. The first-order valence-corrected chi connectivity index (χ1v) is 8.51. The van der Waals surface area contributed by atoms with Gasteiger partial charge in [-0.3, -0.25) is 4.72 Å². The van der Waals surface area contributed by atoms with Crippen molar-refractivity contribution in [3.63, 3.8) is 0 Å². The molecule has 0 unspecified atom stereocenters. The number of nitrogens with one attached hydrogen (secondary N) is 1. The zero-order valence-electron chi connectivity index (χ0n) is 10.9. The first-order chi connectivity index (χ1) is 9.52. The third-order valence-electron chi connectivity index (χ3n) is 2.54. The minimum atomic E-state index is -3.53. The number of benzene rings is 1. The number of anilines is 1. The molecule has 1 aromatic heterocycles. The van der Waals surface area contributed by atoms with E-state index in [4.69, 9.17) is 5.11 Å². The van der Waals surface area contributed by atoms with Gasteiger partial charge in [0, 0.05) is 0 Å². The fourth-order valence-corrected chi connectivity index (χ4v) is 3.72. The van der Waals surface area contributed by atoms with Crippen LogP contribution in [0.4, 0.5) is 5.13 Å². The molecule has 6 nitrogen and oxygen atoms in total. The Bertz CT molecular complexity index is 683. The van der Waals surface area contributed by atoms with Crippen LogP contribution in [0.15, 0.2) is 24.3 Å².